The first-order chi connectivity index (χ1) is 5.52. The Kier molecular flexibility index (Phi) is 2.99. The van der Waals surface area contributed by atoms with Crippen molar-refractivity contribution in [3.63, 3.8) is 0 Å². The Hall–Kier alpha value is -0.250. The molecule has 0 fully saturated rings. The quantitative estimate of drug-likeness (QED) is 0.805. The highest BCUT2D eigenvalue weighted by molar-refractivity contribution is 9.10. The fourth-order valence-corrected chi connectivity index (χ4v) is 1.42. The third-order valence-corrected chi connectivity index (χ3v) is 2.76. The van der Waals surface area contributed by atoms with E-state index in [9.17, 15) is 5.11 Å². The van der Waals surface area contributed by atoms with E-state index in [1.54, 1.807) is 19.1 Å². The van der Waals surface area contributed by atoms with Crippen LogP contribution in [0.25, 0.3) is 0 Å². The maximum absolute atomic E-state index is 9.42. The number of benzene rings is 1. The van der Waals surface area contributed by atoms with Gasteiger partial charge in [-0.1, -0.05) is 11.6 Å². The van der Waals surface area contributed by atoms with Crippen LogP contribution in [0.5, 0.6) is 5.75 Å². The molecule has 12 heavy (non-hydrogen) atoms. The van der Waals surface area contributed by atoms with Crippen molar-refractivity contribution in [1.82, 2.24) is 0 Å². The lowest BCUT2D eigenvalue weighted by Gasteiger charge is -2.09. The van der Waals surface area contributed by atoms with Crippen molar-refractivity contribution >= 4 is 27.5 Å². The molecule has 0 aliphatic carbocycles. The lowest BCUT2D eigenvalue weighted by Crippen LogP contribution is -2.05. The van der Waals surface area contributed by atoms with Gasteiger partial charge < -0.3 is 10.8 Å². The Morgan fingerprint density at radius 2 is 2.17 bits per heavy atom. The summed E-state index contributed by atoms with van der Waals surface area (Å²) >= 11 is 9.01. The number of hydrogen-bond donors (Lipinski definition) is 2. The molecule has 1 aromatic rings. The van der Waals surface area contributed by atoms with Gasteiger partial charge in [0.1, 0.15) is 5.75 Å². The maximum Gasteiger partial charge on any atom is 0.121 e. The molecule has 0 bridgehead atoms. The zero-order valence-electron chi connectivity index (χ0n) is 6.51. The second-order valence-electron chi connectivity index (χ2n) is 2.61. The molecule has 1 atom stereocenters. The van der Waals surface area contributed by atoms with Gasteiger partial charge in [-0.25, -0.2) is 0 Å². The fraction of sp³-hybridized carbons (Fsp3) is 0.250. The lowest BCUT2D eigenvalue weighted by molar-refractivity contribution is 0.463. The molecule has 66 valence electrons. The Balaban J connectivity index is 3.23. The Morgan fingerprint density at radius 1 is 1.58 bits per heavy atom. The van der Waals surface area contributed by atoms with Crippen molar-refractivity contribution < 1.29 is 5.11 Å². The van der Waals surface area contributed by atoms with Crippen LogP contribution >= 0.6 is 27.5 Å². The molecule has 0 saturated carbocycles. The fourth-order valence-electron chi connectivity index (χ4n) is 0.916. The molecular weight excluding hydrogens is 241 g/mol. The molecule has 0 spiro atoms. The van der Waals surface area contributed by atoms with Crippen LogP contribution in [0.3, 0.4) is 0 Å². The minimum Gasteiger partial charge on any atom is -0.508 e. The summed E-state index contributed by atoms with van der Waals surface area (Å²) in [5, 5.41) is 9.97. The SMILES string of the molecule is CC(N)c1cc(Cl)c(Br)cc1O. The van der Waals surface area contributed by atoms with Crippen LogP contribution in [0.1, 0.15) is 18.5 Å². The summed E-state index contributed by atoms with van der Waals surface area (Å²) in [5.41, 5.74) is 6.26. The van der Waals surface area contributed by atoms with Gasteiger partial charge in [-0.3, -0.25) is 0 Å². The molecule has 0 aliphatic heterocycles. The number of phenols is 1. The van der Waals surface area contributed by atoms with Crippen LogP contribution < -0.4 is 5.73 Å². The van der Waals surface area contributed by atoms with Gasteiger partial charge >= 0.3 is 0 Å². The van der Waals surface area contributed by atoms with Crippen molar-refractivity contribution in [2.45, 2.75) is 13.0 Å². The summed E-state index contributed by atoms with van der Waals surface area (Å²) in [5.74, 6) is 0.168. The van der Waals surface area contributed by atoms with Gasteiger partial charge in [0.25, 0.3) is 0 Å². The Bertz CT molecular complexity index is 301. The molecule has 3 N–H and O–H groups in total. The van der Waals surface area contributed by atoms with Crippen LogP contribution in [0.2, 0.25) is 5.02 Å². The third kappa shape index (κ3) is 1.91. The lowest BCUT2D eigenvalue weighted by atomic mass is 10.1. The van der Waals surface area contributed by atoms with Gasteiger partial charge in [-0.15, -0.1) is 0 Å². The van der Waals surface area contributed by atoms with Crippen molar-refractivity contribution in [1.29, 1.82) is 0 Å². The van der Waals surface area contributed by atoms with Crippen molar-refractivity contribution in [2.75, 3.05) is 0 Å². The van der Waals surface area contributed by atoms with E-state index in [2.05, 4.69) is 15.9 Å². The summed E-state index contributed by atoms with van der Waals surface area (Å²) in [6.07, 6.45) is 0. The van der Waals surface area contributed by atoms with Gasteiger partial charge in [0.2, 0.25) is 0 Å². The van der Waals surface area contributed by atoms with Crippen LogP contribution in [-0.2, 0) is 0 Å². The highest BCUT2D eigenvalue weighted by Gasteiger charge is 2.09. The Labute approximate surface area is 84.5 Å². The second kappa shape index (κ2) is 3.64. The standard InChI is InChI=1S/C8H9BrClNO/c1-4(11)5-2-7(10)6(9)3-8(5)12/h2-4,12H,11H2,1H3. The number of nitrogens with two attached hydrogens (primary N) is 1. The van der Waals surface area contributed by atoms with Gasteiger partial charge in [0, 0.05) is 16.1 Å². The highest BCUT2D eigenvalue weighted by Crippen LogP contribution is 2.32. The first-order valence-electron chi connectivity index (χ1n) is 3.46. The van der Waals surface area contributed by atoms with Gasteiger partial charge in [0.15, 0.2) is 0 Å². The maximum atomic E-state index is 9.42. The molecule has 4 heteroatoms. The minimum atomic E-state index is -0.212. The number of phenolic OH excluding ortho intramolecular Hbond substituents is 1. The van der Waals surface area contributed by atoms with E-state index in [-0.39, 0.29) is 11.8 Å². The molecule has 1 rings (SSSR count). The molecule has 1 unspecified atom stereocenters. The molecule has 1 aromatic carbocycles. The van der Waals surface area contributed by atoms with Gasteiger partial charge in [-0.2, -0.15) is 0 Å². The molecular formula is C8H9BrClNO. The molecule has 2 nitrogen and oxygen atoms in total. The van der Waals surface area contributed by atoms with Crippen molar-refractivity contribution in [2.24, 2.45) is 5.73 Å². The smallest absolute Gasteiger partial charge is 0.121 e. The van der Waals surface area contributed by atoms with E-state index in [1.165, 1.54) is 0 Å². The van der Waals surface area contributed by atoms with Crippen molar-refractivity contribution in [3.8, 4) is 5.75 Å². The number of aromatic hydroxyl groups is 1. The monoisotopic (exact) mass is 249 g/mol. The predicted octanol–water partition coefficient (Wildman–Crippen LogP) is 2.83. The summed E-state index contributed by atoms with van der Waals surface area (Å²) in [7, 11) is 0. The van der Waals surface area contributed by atoms with E-state index >= 15 is 0 Å². The zero-order valence-corrected chi connectivity index (χ0v) is 8.85. The summed E-state index contributed by atoms with van der Waals surface area (Å²) in [6.45, 7) is 1.79. The van der Waals surface area contributed by atoms with Gasteiger partial charge in [-0.05, 0) is 35.0 Å². The summed E-state index contributed by atoms with van der Waals surface area (Å²) in [6, 6.07) is 2.99. The first-order valence-corrected chi connectivity index (χ1v) is 4.63. The normalized spacial score (nSPS) is 13.0. The van der Waals surface area contributed by atoms with E-state index in [0.717, 1.165) is 0 Å². The van der Waals surface area contributed by atoms with Crippen LogP contribution in [0.15, 0.2) is 16.6 Å². The average molecular weight is 251 g/mol. The second-order valence-corrected chi connectivity index (χ2v) is 3.88. The molecule has 0 aromatic heterocycles. The zero-order chi connectivity index (χ0) is 9.30. The van der Waals surface area contributed by atoms with E-state index in [4.69, 9.17) is 17.3 Å². The summed E-state index contributed by atoms with van der Waals surface area (Å²) in [4.78, 5) is 0. The third-order valence-electron chi connectivity index (χ3n) is 1.56. The van der Waals surface area contributed by atoms with Crippen LogP contribution in [-0.4, -0.2) is 5.11 Å². The van der Waals surface area contributed by atoms with E-state index < -0.39 is 0 Å². The number of hydrogen-bond acceptors (Lipinski definition) is 2. The summed E-state index contributed by atoms with van der Waals surface area (Å²) < 4.78 is 0.672. The largest absolute Gasteiger partial charge is 0.508 e. The molecule has 0 amide bonds. The first kappa shape index (κ1) is 9.84. The van der Waals surface area contributed by atoms with Crippen molar-refractivity contribution in [3.05, 3.63) is 27.2 Å². The van der Waals surface area contributed by atoms with Crippen LogP contribution in [0, 0.1) is 0 Å². The molecule has 0 radical (unpaired) electrons. The highest BCUT2D eigenvalue weighted by atomic mass is 79.9. The molecule has 0 aliphatic rings. The predicted molar refractivity (Wildman–Crippen MR) is 53.4 cm³/mol. The average Bonchev–Trinajstić information content (AvgIpc) is 1.96. The topological polar surface area (TPSA) is 46.2 Å². The number of rotatable bonds is 1. The molecule has 0 heterocycles. The minimum absolute atomic E-state index is 0.168. The Morgan fingerprint density at radius 3 is 2.67 bits per heavy atom. The number of halogens is 2. The van der Waals surface area contributed by atoms with Crippen LogP contribution in [0.4, 0.5) is 0 Å². The van der Waals surface area contributed by atoms with E-state index in [1.807, 2.05) is 0 Å². The van der Waals surface area contributed by atoms with E-state index in [0.29, 0.717) is 15.1 Å². The molecule has 0 saturated heterocycles. The van der Waals surface area contributed by atoms with Gasteiger partial charge in [0.05, 0.1) is 5.02 Å².